The lowest BCUT2D eigenvalue weighted by molar-refractivity contribution is 0.664. The minimum atomic E-state index is 0.180. The molecule has 0 radical (unpaired) electrons. The number of guanidine groups is 1. The third-order valence-electron chi connectivity index (χ3n) is 2.71. The fourth-order valence-electron chi connectivity index (χ4n) is 1.29. The summed E-state index contributed by atoms with van der Waals surface area (Å²) in [5.41, 5.74) is 1.07. The maximum Gasteiger partial charge on any atom is 0.191 e. The molecule has 1 heterocycles. The molecule has 4 nitrogen and oxygen atoms in total. The summed E-state index contributed by atoms with van der Waals surface area (Å²) in [7, 11) is 1.77. The molecule has 0 aliphatic rings. The highest BCUT2D eigenvalue weighted by atomic mass is 35.5. The Morgan fingerprint density at radius 2 is 2.16 bits per heavy atom. The predicted octanol–water partition coefficient (Wildman–Crippen LogP) is 2.54. The van der Waals surface area contributed by atoms with Crippen molar-refractivity contribution in [3.8, 4) is 0 Å². The topological polar surface area (TPSA) is 49.3 Å². The lowest BCUT2D eigenvalue weighted by atomic mass is 10.2. The van der Waals surface area contributed by atoms with Crippen LogP contribution in [0.5, 0.6) is 0 Å². The van der Waals surface area contributed by atoms with Gasteiger partial charge in [-0.2, -0.15) is 11.8 Å². The minimum absolute atomic E-state index is 0.180. The van der Waals surface area contributed by atoms with Crippen molar-refractivity contribution >= 4 is 29.3 Å². The van der Waals surface area contributed by atoms with Crippen LogP contribution in [0, 0.1) is 0 Å². The first-order valence-electron chi connectivity index (χ1n) is 6.07. The molecule has 0 aliphatic heterocycles. The maximum absolute atomic E-state index is 5.75. The second kappa shape index (κ2) is 7.60. The fraction of sp³-hybridized carbons (Fsp3) is 0.538. The average Bonchev–Trinajstić information content (AvgIpc) is 2.41. The Kier molecular flexibility index (Phi) is 6.45. The summed E-state index contributed by atoms with van der Waals surface area (Å²) in [6.45, 7) is 5.92. The highest BCUT2D eigenvalue weighted by Crippen LogP contribution is 2.19. The van der Waals surface area contributed by atoms with Crippen molar-refractivity contribution < 1.29 is 0 Å². The molecule has 0 saturated heterocycles. The molecule has 1 rings (SSSR count). The van der Waals surface area contributed by atoms with Gasteiger partial charge in [0.15, 0.2) is 5.96 Å². The molecule has 1 aromatic heterocycles. The van der Waals surface area contributed by atoms with E-state index < -0.39 is 0 Å². The van der Waals surface area contributed by atoms with Gasteiger partial charge in [0.05, 0.1) is 0 Å². The maximum atomic E-state index is 5.75. The van der Waals surface area contributed by atoms with Crippen molar-refractivity contribution in [2.75, 3.05) is 19.8 Å². The molecule has 0 spiro atoms. The number of nitrogens with zero attached hydrogens (tertiary/aromatic N) is 2. The van der Waals surface area contributed by atoms with Crippen molar-refractivity contribution in [2.24, 2.45) is 4.99 Å². The molecule has 106 valence electrons. The van der Waals surface area contributed by atoms with Crippen LogP contribution in [0.3, 0.4) is 0 Å². The standard InChI is InChI=1S/C13H21ClN4S/c1-13(2,19-4)9-18-12(15-3)17-8-10-5-6-11(14)16-7-10/h5-7H,8-9H2,1-4H3,(H2,15,17,18). The lowest BCUT2D eigenvalue weighted by Crippen LogP contribution is -2.42. The molecule has 0 amide bonds. The quantitative estimate of drug-likeness (QED) is 0.498. The van der Waals surface area contributed by atoms with Crippen LogP contribution < -0.4 is 10.6 Å². The molecule has 0 aliphatic carbocycles. The third kappa shape index (κ3) is 6.16. The highest BCUT2D eigenvalue weighted by molar-refractivity contribution is 7.99. The second-order valence-electron chi connectivity index (χ2n) is 4.73. The zero-order chi connectivity index (χ0) is 14.3. The number of rotatable bonds is 5. The molecule has 0 atom stereocenters. The summed E-state index contributed by atoms with van der Waals surface area (Å²) in [4.78, 5) is 8.24. The predicted molar refractivity (Wildman–Crippen MR) is 85.0 cm³/mol. The van der Waals surface area contributed by atoms with Gasteiger partial charge in [0, 0.05) is 31.1 Å². The Bertz CT molecular complexity index is 417. The Hall–Kier alpha value is -0.940. The van der Waals surface area contributed by atoms with Crippen molar-refractivity contribution in [1.82, 2.24) is 15.6 Å². The lowest BCUT2D eigenvalue weighted by Gasteiger charge is -2.23. The summed E-state index contributed by atoms with van der Waals surface area (Å²) in [6, 6.07) is 3.73. The summed E-state index contributed by atoms with van der Waals surface area (Å²) < 4.78 is 0.180. The van der Waals surface area contributed by atoms with Gasteiger partial charge in [0.1, 0.15) is 5.15 Å². The number of nitrogens with one attached hydrogen (secondary N) is 2. The minimum Gasteiger partial charge on any atom is -0.355 e. The summed E-state index contributed by atoms with van der Waals surface area (Å²) in [5, 5.41) is 7.07. The Morgan fingerprint density at radius 1 is 1.42 bits per heavy atom. The first kappa shape index (κ1) is 16.1. The zero-order valence-electron chi connectivity index (χ0n) is 11.8. The Balaban J connectivity index is 2.43. The summed E-state index contributed by atoms with van der Waals surface area (Å²) in [6.07, 6.45) is 3.87. The van der Waals surface area contributed by atoms with Crippen LogP contribution in [-0.2, 0) is 6.54 Å². The molecule has 0 fully saturated rings. The van der Waals surface area contributed by atoms with E-state index in [2.05, 4.69) is 40.7 Å². The largest absolute Gasteiger partial charge is 0.355 e. The van der Waals surface area contributed by atoms with E-state index in [0.717, 1.165) is 18.1 Å². The van der Waals surface area contributed by atoms with E-state index in [-0.39, 0.29) is 4.75 Å². The highest BCUT2D eigenvalue weighted by Gasteiger charge is 2.15. The van der Waals surface area contributed by atoms with Crippen molar-refractivity contribution in [1.29, 1.82) is 0 Å². The number of halogens is 1. The first-order chi connectivity index (χ1) is 8.96. The van der Waals surface area contributed by atoms with Crippen LogP contribution >= 0.6 is 23.4 Å². The number of hydrogen-bond acceptors (Lipinski definition) is 3. The van der Waals surface area contributed by atoms with Crippen LogP contribution in [0.2, 0.25) is 5.15 Å². The van der Waals surface area contributed by atoms with E-state index in [1.807, 2.05) is 17.8 Å². The van der Waals surface area contributed by atoms with E-state index >= 15 is 0 Å². The van der Waals surface area contributed by atoms with Crippen LogP contribution in [0.25, 0.3) is 0 Å². The van der Waals surface area contributed by atoms with Crippen LogP contribution in [0.4, 0.5) is 0 Å². The van der Waals surface area contributed by atoms with Gasteiger partial charge in [-0.05, 0) is 31.7 Å². The smallest absolute Gasteiger partial charge is 0.191 e. The van der Waals surface area contributed by atoms with Crippen LogP contribution in [0.1, 0.15) is 19.4 Å². The Morgan fingerprint density at radius 3 is 2.68 bits per heavy atom. The SMILES string of the molecule is CN=C(NCc1ccc(Cl)nc1)NCC(C)(C)SC. The Labute approximate surface area is 124 Å². The number of pyridine rings is 1. The molecular formula is C13H21ClN4S. The van der Waals surface area contributed by atoms with Gasteiger partial charge in [-0.25, -0.2) is 4.98 Å². The second-order valence-corrected chi connectivity index (χ2v) is 6.63. The molecule has 2 N–H and O–H groups in total. The zero-order valence-corrected chi connectivity index (χ0v) is 13.4. The number of hydrogen-bond donors (Lipinski definition) is 2. The molecule has 19 heavy (non-hydrogen) atoms. The van der Waals surface area contributed by atoms with Gasteiger partial charge in [-0.1, -0.05) is 17.7 Å². The van der Waals surface area contributed by atoms with Gasteiger partial charge in [-0.3, -0.25) is 4.99 Å². The van der Waals surface area contributed by atoms with Crippen molar-refractivity contribution in [3.05, 3.63) is 29.0 Å². The van der Waals surface area contributed by atoms with Crippen molar-refractivity contribution in [3.63, 3.8) is 0 Å². The van der Waals surface area contributed by atoms with Crippen LogP contribution in [0.15, 0.2) is 23.3 Å². The third-order valence-corrected chi connectivity index (χ3v) is 4.18. The first-order valence-corrected chi connectivity index (χ1v) is 7.67. The number of aromatic nitrogens is 1. The molecule has 0 saturated carbocycles. The fourth-order valence-corrected chi connectivity index (χ4v) is 1.61. The molecule has 0 aromatic carbocycles. The number of thioether (sulfide) groups is 1. The van der Waals surface area contributed by atoms with Gasteiger partial charge >= 0.3 is 0 Å². The molecular weight excluding hydrogens is 280 g/mol. The summed E-state index contributed by atoms with van der Waals surface area (Å²) in [5.74, 6) is 0.789. The van der Waals surface area contributed by atoms with E-state index in [1.165, 1.54) is 0 Å². The van der Waals surface area contributed by atoms with Crippen LogP contribution in [-0.4, -0.2) is 35.5 Å². The summed E-state index contributed by atoms with van der Waals surface area (Å²) >= 11 is 7.57. The molecule has 1 aromatic rings. The monoisotopic (exact) mass is 300 g/mol. The van der Waals surface area contributed by atoms with E-state index in [1.54, 1.807) is 19.3 Å². The van der Waals surface area contributed by atoms with Gasteiger partial charge < -0.3 is 10.6 Å². The van der Waals surface area contributed by atoms with Crippen molar-refractivity contribution in [2.45, 2.75) is 25.1 Å². The number of aliphatic imine (C=N–C) groups is 1. The molecule has 6 heteroatoms. The van der Waals surface area contributed by atoms with E-state index in [0.29, 0.717) is 11.7 Å². The van der Waals surface area contributed by atoms with E-state index in [4.69, 9.17) is 11.6 Å². The van der Waals surface area contributed by atoms with E-state index in [9.17, 15) is 0 Å². The molecule has 0 bridgehead atoms. The normalized spacial score (nSPS) is 12.4. The average molecular weight is 301 g/mol. The van der Waals surface area contributed by atoms with Gasteiger partial charge in [-0.15, -0.1) is 0 Å². The molecule has 0 unspecified atom stereocenters. The van der Waals surface area contributed by atoms with Gasteiger partial charge in [0.25, 0.3) is 0 Å². The van der Waals surface area contributed by atoms with Gasteiger partial charge in [0.2, 0.25) is 0 Å².